The average molecular weight is 563 g/mol. The van der Waals surface area contributed by atoms with Crippen LogP contribution in [0.3, 0.4) is 0 Å². The molecule has 2 aromatic carbocycles. The van der Waals surface area contributed by atoms with Gasteiger partial charge in [0, 0.05) is 24.0 Å². The standard InChI is InChI=1S/C26H34N4O10/c1-35-17-11-15(12-18(36-2)23(17)39-5)25(33)29-27-21(31)9-7-8-10-22(32)28-30-26(34)16-13-19(37-3)24(40-6)20(14-16)38-4/h11-14H,7-10H2,1-6H3,(H,27,31)(H,28,32)(H,29,33)(H,30,34). The molecule has 0 heterocycles. The van der Waals surface area contributed by atoms with Gasteiger partial charge in [-0.15, -0.1) is 0 Å². The maximum atomic E-state index is 12.5. The Hall–Kier alpha value is -4.88. The van der Waals surface area contributed by atoms with E-state index in [0.717, 1.165) is 0 Å². The summed E-state index contributed by atoms with van der Waals surface area (Å²) < 4.78 is 31.3. The number of ether oxygens (including phenoxy) is 6. The first-order valence-electron chi connectivity index (χ1n) is 12.0. The van der Waals surface area contributed by atoms with Crippen molar-refractivity contribution in [3.8, 4) is 34.5 Å². The Morgan fingerprint density at radius 2 is 0.800 bits per heavy atom. The Morgan fingerprint density at radius 3 is 1.05 bits per heavy atom. The number of carbonyl (C=O) groups is 4. The van der Waals surface area contributed by atoms with Crippen molar-refractivity contribution in [1.29, 1.82) is 0 Å². The lowest BCUT2D eigenvalue weighted by molar-refractivity contribution is -0.123. The summed E-state index contributed by atoms with van der Waals surface area (Å²) in [6.07, 6.45) is 0.835. The van der Waals surface area contributed by atoms with E-state index < -0.39 is 23.6 Å². The summed E-state index contributed by atoms with van der Waals surface area (Å²) in [5, 5.41) is 0. The Morgan fingerprint density at radius 1 is 0.500 bits per heavy atom. The summed E-state index contributed by atoms with van der Waals surface area (Å²) in [7, 11) is 8.57. The molecule has 0 fully saturated rings. The number of carbonyl (C=O) groups excluding carboxylic acids is 4. The minimum absolute atomic E-state index is 0.0562. The molecule has 0 bridgehead atoms. The van der Waals surface area contributed by atoms with Crippen molar-refractivity contribution in [2.24, 2.45) is 0 Å². The lowest BCUT2D eigenvalue weighted by Gasteiger charge is -2.14. The van der Waals surface area contributed by atoms with E-state index in [9.17, 15) is 19.2 Å². The quantitative estimate of drug-likeness (QED) is 0.207. The van der Waals surface area contributed by atoms with Crippen LogP contribution in [0.1, 0.15) is 46.4 Å². The Balaban J connectivity index is 1.75. The van der Waals surface area contributed by atoms with Crippen LogP contribution < -0.4 is 50.1 Å². The first kappa shape index (κ1) is 31.3. The van der Waals surface area contributed by atoms with Crippen molar-refractivity contribution >= 4 is 23.6 Å². The molecular weight excluding hydrogens is 528 g/mol. The van der Waals surface area contributed by atoms with Crippen molar-refractivity contribution in [3.63, 3.8) is 0 Å². The Bertz CT molecular complexity index is 1070. The zero-order valence-corrected chi connectivity index (χ0v) is 23.2. The highest BCUT2D eigenvalue weighted by Crippen LogP contribution is 2.39. The third-order valence-corrected chi connectivity index (χ3v) is 5.54. The summed E-state index contributed by atoms with van der Waals surface area (Å²) in [5.41, 5.74) is 9.63. The Kier molecular flexibility index (Phi) is 12.2. The van der Waals surface area contributed by atoms with Gasteiger partial charge in [0.05, 0.1) is 42.7 Å². The van der Waals surface area contributed by atoms with E-state index in [-0.39, 0.29) is 47.0 Å². The molecular formula is C26H34N4O10. The van der Waals surface area contributed by atoms with Gasteiger partial charge in [0.1, 0.15) is 0 Å². The van der Waals surface area contributed by atoms with Crippen molar-refractivity contribution < 1.29 is 47.6 Å². The molecule has 4 N–H and O–H groups in total. The molecule has 0 aliphatic heterocycles. The largest absolute Gasteiger partial charge is 0.493 e. The van der Waals surface area contributed by atoms with Crippen LogP contribution in [0.25, 0.3) is 0 Å². The summed E-state index contributed by atoms with van der Waals surface area (Å²) in [5.74, 6) is -0.260. The zero-order valence-electron chi connectivity index (χ0n) is 23.2. The molecule has 0 unspecified atom stereocenters. The van der Waals surface area contributed by atoms with Crippen LogP contribution in [0.15, 0.2) is 24.3 Å². The second kappa shape index (κ2) is 15.5. The molecule has 0 atom stereocenters. The highest BCUT2D eigenvalue weighted by Gasteiger charge is 2.19. The molecule has 0 saturated heterocycles. The third kappa shape index (κ3) is 8.31. The minimum Gasteiger partial charge on any atom is -0.493 e. The van der Waals surface area contributed by atoms with Gasteiger partial charge in [-0.3, -0.25) is 40.9 Å². The SMILES string of the molecule is COc1cc(C(=O)NNC(=O)CCCCC(=O)NNC(=O)c2cc(OC)c(OC)c(OC)c2)cc(OC)c1OC. The van der Waals surface area contributed by atoms with Gasteiger partial charge in [-0.1, -0.05) is 0 Å². The van der Waals surface area contributed by atoms with E-state index in [2.05, 4.69) is 21.7 Å². The summed E-state index contributed by atoms with van der Waals surface area (Å²) >= 11 is 0. The van der Waals surface area contributed by atoms with Crippen molar-refractivity contribution in [3.05, 3.63) is 35.4 Å². The monoisotopic (exact) mass is 562 g/mol. The molecule has 0 saturated carbocycles. The fourth-order valence-electron chi connectivity index (χ4n) is 3.52. The van der Waals surface area contributed by atoms with Crippen LogP contribution in [0.4, 0.5) is 0 Å². The number of amides is 4. The molecule has 2 rings (SSSR count). The molecule has 2 aromatic rings. The summed E-state index contributed by atoms with van der Waals surface area (Å²) in [4.78, 5) is 49.1. The highest BCUT2D eigenvalue weighted by atomic mass is 16.5. The lowest BCUT2D eigenvalue weighted by Crippen LogP contribution is -2.42. The number of nitrogens with one attached hydrogen (secondary N) is 4. The van der Waals surface area contributed by atoms with Gasteiger partial charge < -0.3 is 28.4 Å². The first-order chi connectivity index (χ1) is 19.2. The lowest BCUT2D eigenvalue weighted by atomic mass is 10.1. The van der Waals surface area contributed by atoms with Gasteiger partial charge >= 0.3 is 0 Å². The maximum absolute atomic E-state index is 12.5. The molecule has 0 aliphatic carbocycles. The van der Waals surface area contributed by atoms with Crippen LogP contribution in [0.2, 0.25) is 0 Å². The van der Waals surface area contributed by atoms with Crippen molar-refractivity contribution in [2.75, 3.05) is 42.7 Å². The fourth-order valence-corrected chi connectivity index (χ4v) is 3.52. The molecule has 218 valence electrons. The molecule has 0 radical (unpaired) electrons. The third-order valence-electron chi connectivity index (χ3n) is 5.54. The molecule has 14 nitrogen and oxygen atoms in total. The molecule has 0 aromatic heterocycles. The zero-order chi connectivity index (χ0) is 29.7. The van der Waals surface area contributed by atoms with Crippen molar-refractivity contribution in [1.82, 2.24) is 21.7 Å². The van der Waals surface area contributed by atoms with E-state index in [1.54, 1.807) is 0 Å². The van der Waals surface area contributed by atoms with E-state index in [4.69, 9.17) is 28.4 Å². The smallest absolute Gasteiger partial charge is 0.269 e. The average Bonchev–Trinajstić information content (AvgIpc) is 2.98. The highest BCUT2D eigenvalue weighted by molar-refractivity contribution is 5.97. The predicted octanol–water partition coefficient (Wildman–Crippen LogP) is 1.52. The van der Waals surface area contributed by atoms with Crippen LogP contribution in [-0.2, 0) is 9.59 Å². The fraction of sp³-hybridized carbons (Fsp3) is 0.385. The summed E-state index contributed by atoms with van der Waals surface area (Å²) in [6, 6.07) is 5.79. The van der Waals surface area contributed by atoms with E-state index >= 15 is 0 Å². The number of hydrogen-bond acceptors (Lipinski definition) is 10. The second-order valence-electron chi connectivity index (χ2n) is 8.04. The van der Waals surface area contributed by atoms with Crippen LogP contribution in [0, 0.1) is 0 Å². The first-order valence-corrected chi connectivity index (χ1v) is 12.0. The molecule has 4 amide bonds. The number of hydrazine groups is 2. The number of hydrogen-bond donors (Lipinski definition) is 4. The van der Waals surface area contributed by atoms with Gasteiger partial charge in [0.15, 0.2) is 23.0 Å². The Labute approximate surface area is 231 Å². The molecule has 0 spiro atoms. The topological polar surface area (TPSA) is 172 Å². The van der Waals surface area contributed by atoms with E-state index in [1.165, 1.54) is 66.9 Å². The van der Waals surface area contributed by atoms with E-state index in [0.29, 0.717) is 24.3 Å². The van der Waals surface area contributed by atoms with E-state index in [1.807, 2.05) is 0 Å². The van der Waals surface area contributed by atoms with Gasteiger partial charge in [0.25, 0.3) is 11.8 Å². The maximum Gasteiger partial charge on any atom is 0.269 e. The number of methoxy groups -OCH3 is 6. The van der Waals surface area contributed by atoms with Gasteiger partial charge in [0.2, 0.25) is 23.3 Å². The normalized spacial score (nSPS) is 10.1. The van der Waals surface area contributed by atoms with Gasteiger partial charge in [-0.05, 0) is 37.1 Å². The van der Waals surface area contributed by atoms with Crippen LogP contribution in [-0.4, -0.2) is 66.3 Å². The number of unbranched alkanes of at least 4 members (excludes halogenated alkanes) is 1. The van der Waals surface area contributed by atoms with Crippen LogP contribution in [0.5, 0.6) is 34.5 Å². The van der Waals surface area contributed by atoms with Crippen molar-refractivity contribution in [2.45, 2.75) is 25.7 Å². The number of benzene rings is 2. The minimum atomic E-state index is -0.588. The van der Waals surface area contributed by atoms with Crippen LogP contribution >= 0.6 is 0 Å². The molecule has 14 heteroatoms. The summed E-state index contributed by atoms with van der Waals surface area (Å²) in [6.45, 7) is 0. The predicted molar refractivity (Wildman–Crippen MR) is 142 cm³/mol. The van der Waals surface area contributed by atoms with Gasteiger partial charge in [-0.25, -0.2) is 0 Å². The molecule has 40 heavy (non-hydrogen) atoms. The molecule has 0 aliphatic rings. The number of rotatable bonds is 13. The second-order valence-corrected chi connectivity index (χ2v) is 8.04. The van der Waals surface area contributed by atoms with Gasteiger partial charge in [-0.2, -0.15) is 0 Å².